The standard InChI is InChI=1S/C23H17N3O5/c27-20(24-18-12-6-7-13-19(18)31-15-8-2-1-3-9-15)14-26-22(28)17-11-5-4-10-16(17)21(25-26)23(29)30/h1-13H,14H2,(H,24,27)(H,29,30). The van der Waals surface area contributed by atoms with Crippen LogP contribution in [-0.4, -0.2) is 26.8 Å². The number of aromatic nitrogens is 2. The number of para-hydroxylation sites is 3. The second-order valence-electron chi connectivity index (χ2n) is 6.62. The molecule has 4 rings (SSSR count). The SMILES string of the molecule is O=C(Cn1nc(C(=O)O)c2ccccc2c1=O)Nc1ccccc1Oc1ccccc1. The van der Waals surface area contributed by atoms with E-state index in [0.717, 1.165) is 4.68 Å². The number of nitrogens with one attached hydrogen (secondary N) is 1. The number of rotatable bonds is 6. The first-order valence-electron chi connectivity index (χ1n) is 9.38. The number of amides is 1. The van der Waals surface area contributed by atoms with E-state index in [9.17, 15) is 19.5 Å². The van der Waals surface area contributed by atoms with E-state index in [4.69, 9.17) is 4.74 Å². The van der Waals surface area contributed by atoms with E-state index >= 15 is 0 Å². The average Bonchev–Trinajstić information content (AvgIpc) is 2.77. The summed E-state index contributed by atoms with van der Waals surface area (Å²) in [4.78, 5) is 36.9. The molecule has 4 aromatic rings. The number of carbonyl (C=O) groups excluding carboxylic acids is 1. The Balaban J connectivity index is 1.61. The van der Waals surface area contributed by atoms with Crippen LogP contribution in [0.2, 0.25) is 0 Å². The molecule has 0 radical (unpaired) electrons. The third-order valence-electron chi connectivity index (χ3n) is 4.50. The van der Waals surface area contributed by atoms with Gasteiger partial charge >= 0.3 is 5.97 Å². The average molecular weight is 415 g/mol. The number of aromatic carboxylic acids is 1. The fourth-order valence-electron chi connectivity index (χ4n) is 3.10. The van der Waals surface area contributed by atoms with Crippen molar-refractivity contribution < 1.29 is 19.4 Å². The fourth-order valence-corrected chi connectivity index (χ4v) is 3.10. The van der Waals surface area contributed by atoms with E-state index < -0.39 is 24.0 Å². The van der Waals surface area contributed by atoms with Crippen LogP contribution in [0.1, 0.15) is 10.5 Å². The number of hydrogen-bond acceptors (Lipinski definition) is 5. The molecule has 31 heavy (non-hydrogen) atoms. The predicted molar refractivity (Wildman–Crippen MR) is 115 cm³/mol. The number of carbonyl (C=O) groups is 2. The quantitative estimate of drug-likeness (QED) is 0.499. The first-order chi connectivity index (χ1) is 15.0. The van der Waals surface area contributed by atoms with Gasteiger partial charge < -0.3 is 15.2 Å². The predicted octanol–water partition coefficient (Wildman–Crippen LogP) is 3.53. The molecule has 0 bridgehead atoms. The lowest BCUT2D eigenvalue weighted by atomic mass is 10.1. The Morgan fingerprint density at radius 3 is 2.29 bits per heavy atom. The maximum absolute atomic E-state index is 12.7. The number of anilines is 1. The lowest BCUT2D eigenvalue weighted by Crippen LogP contribution is -2.31. The summed E-state index contributed by atoms with van der Waals surface area (Å²) >= 11 is 0. The smallest absolute Gasteiger partial charge is 0.357 e. The maximum Gasteiger partial charge on any atom is 0.357 e. The van der Waals surface area contributed by atoms with Gasteiger partial charge in [0.25, 0.3) is 5.56 Å². The number of nitrogens with zero attached hydrogens (tertiary/aromatic N) is 2. The summed E-state index contributed by atoms with van der Waals surface area (Å²) in [7, 11) is 0. The molecular formula is C23H17N3O5. The van der Waals surface area contributed by atoms with Crippen LogP contribution in [-0.2, 0) is 11.3 Å². The first-order valence-corrected chi connectivity index (χ1v) is 9.38. The Morgan fingerprint density at radius 1 is 0.903 bits per heavy atom. The van der Waals surface area contributed by atoms with Gasteiger partial charge in [0.2, 0.25) is 5.91 Å². The van der Waals surface area contributed by atoms with Gasteiger partial charge in [-0.15, -0.1) is 0 Å². The van der Waals surface area contributed by atoms with Crippen molar-refractivity contribution in [3.05, 3.63) is 94.9 Å². The number of hydrogen-bond donors (Lipinski definition) is 2. The normalized spacial score (nSPS) is 10.6. The molecule has 0 unspecified atom stereocenters. The molecule has 8 heteroatoms. The third kappa shape index (κ3) is 4.27. The number of fused-ring (bicyclic) bond motifs is 1. The van der Waals surface area contributed by atoms with Crippen LogP contribution in [0.15, 0.2) is 83.7 Å². The Kier molecular flexibility index (Phi) is 5.44. The summed E-state index contributed by atoms with van der Waals surface area (Å²) in [5.74, 6) is -0.813. The van der Waals surface area contributed by atoms with Crippen LogP contribution in [0.25, 0.3) is 10.8 Å². The van der Waals surface area contributed by atoms with Crippen molar-refractivity contribution in [3.8, 4) is 11.5 Å². The van der Waals surface area contributed by atoms with Crippen LogP contribution in [0.5, 0.6) is 11.5 Å². The second kappa shape index (κ2) is 8.50. The van der Waals surface area contributed by atoms with Crippen LogP contribution in [0.3, 0.4) is 0 Å². The van der Waals surface area contributed by atoms with Gasteiger partial charge in [-0.25, -0.2) is 9.48 Å². The molecule has 0 saturated heterocycles. The van der Waals surface area contributed by atoms with E-state index in [1.807, 2.05) is 18.2 Å². The van der Waals surface area contributed by atoms with Gasteiger partial charge in [-0.1, -0.05) is 48.5 Å². The largest absolute Gasteiger partial charge is 0.476 e. The fraction of sp³-hybridized carbons (Fsp3) is 0.0435. The van der Waals surface area contributed by atoms with Gasteiger partial charge in [0.15, 0.2) is 11.4 Å². The minimum atomic E-state index is -1.29. The summed E-state index contributed by atoms with van der Waals surface area (Å²) in [6.45, 7) is -0.455. The molecule has 154 valence electrons. The second-order valence-corrected chi connectivity index (χ2v) is 6.62. The summed E-state index contributed by atoms with van der Waals surface area (Å²) in [6.07, 6.45) is 0. The Labute approximate surface area is 176 Å². The molecule has 0 aliphatic heterocycles. The van der Waals surface area contributed by atoms with Gasteiger partial charge in [0.05, 0.1) is 11.1 Å². The highest BCUT2D eigenvalue weighted by atomic mass is 16.5. The van der Waals surface area contributed by atoms with E-state index in [1.54, 1.807) is 48.5 Å². The van der Waals surface area contributed by atoms with Crippen molar-refractivity contribution >= 4 is 28.3 Å². The number of carboxylic acid groups (broad SMARTS) is 1. The van der Waals surface area contributed by atoms with Crippen molar-refractivity contribution in [3.63, 3.8) is 0 Å². The van der Waals surface area contributed by atoms with Gasteiger partial charge in [0.1, 0.15) is 12.3 Å². The molecule has 2 N–H and O–H groups in total. The van der Waals surface area contributed by atoms with E-state index in [-0.39, 0.29) is 16.5 Å². The third-order valence-corrected chi connectivity index (χ3v) is 4.50. The molecule has 0 atom stereocenters. The lowest BCUT2D eigenvalue weighted by Gasteiger charge is -2.13. The monoisotopic (exact) mass is 415 g/mol. The number of ether oxygens (including phenoxy) is 1. The van der Waals surface area contributed by atoms with Gasteiger partial charge in [-0.05, 0) is 30.3 Å². The highest BCUT2D eigenvalue weighted by molar-refractivity contribution is 6.01. The molecule has 1 heterocycles. The molecule has 0 fully saturated rings. The Bertz CT molecular complexity index is 1330. The van der Waals surface area contributed by atoms with Crippen molar-refractivity contribution in [1.82, 2.24) is 9.78 Å². The van der Waals surface area contributed by atoms with Crippen LogP contribution in [0, 0.1) is 0 Å². The van der Waals surface area contributed by atoms with Crippen LogP contribution >= 0.6 is 0 Å². The Morgan fingerprint density at radius 2 is 1.55 bits per heavy atom. The minimum Gasteiger partial charge on any atom is -0.476 e. The van der Waals surface area contributed by atoms with Crippen molar-refractivity contribution in [2.75, 3.05) is 5.32 Å². The topological polar surface area (TPSA) is 111 Å². The van der Waals surface area contributed by atoms with Crippen LogP contribution < -0.4 is 15.6 Å². The van der Waals surface area contributed by atoms with E-state index in [1.165, 1.54) is 12.1 Å². The molecular weight excluding hydrogens is 398 g/mol. The van der Waals surface area contributed by atoms with Crippen molar-refractivity contribution in [2.24, 2.45) is 0 Å². The van der Waals surface area contributed by atoms with Gasteiger partial charge in [-0.3, -0.25) is 9.59 Å². The maximum atomic E-state index is 12.7. The lowest BCUT2D eigenvalue weighted by molar-refractivity contribution is -0.117. The van der Waals surface area contributed by atoms with E-state index in [2.05, 4.69) is 10.4 Å². The van der Waals surface area contributed by atoms with Crippen molar-refractivity contribution in [1.29, 1.82) is 0 Å². The highest BCUT2D eigenvalue weighted by Crippen LogP contribution is 2.29. The molecule has 8 nitrogen and oxygen atoms in total. The Hall–Kier alpha value is -4.46. The summed E-state index contributed by atoms with van der Waals surface area (Å²) in [6, 6.07) is 22.2. The molecule has 0 spiro atoms. The molecule has 1 aromatic heterocycles. The molecule has 0 aliphatic rings. The summed E-state index contributed by atoms with van der Waals surface area (Å²) < 4.78 is 6.66. The van der Waals surface area contributed by atoms with Crippen molar-refractivity contribution in [2.45, 2.75) is 6.54 Å². The molecule has 0 saturated carbocycles. The summed E-state index contributed by atoms with van der Waals surface area (Å²) in [5.41, 5.74) is -0.441. The zero-order valence-electron chi connectivity index (χ0n) is 16.2. The molecule has 0 aliphatic carbocycles. The molecule has 1 amide bonds. The number of benzene rings is 3. The van der Waals surface area contributed by atoms with Gasteiger partial charge in [0, 0.05) is 5.39 Å². The molecule has 3 aromatic carbocycles. The van der Waals surface area contributed by atoms with Crippen LogP contribution in [0.4, 0.5) is 5.69 Å². The van der Waals surface area contributed by atoms with E-state index in [0.29, 0.717) is 17.2 Å². The summed E-state index contributed by atoms with van der Waals surface area (Å²) in [5, 5.41) is 16.4. The highest BCUT2D eigenvalue weighted by Gasteiger charge is 2.17. The van der Waals surface area contributed by atoms with Gasteiger partial charge in [-0.2, -0.15) is 5.10 Å². The number of carboxylic acids is 1. The first kappa shape index (κ1) is 19.8. The zero-order chi connectivity index (χ0) is 21.8. The minimum absolute atomic E-state index is 0.176. The zero-order valence-corrected chi connectivity index (χ0v) is 16.2.